The largest absolute Gasteiger partial charge is 0.375 e. The Morgan fingerprint density at radius 3 is 2.59 bits per heavy atom. The Bertz CT molecular complexity index is 430. The zero-order valence-corrected chi connectivity index (χ0v) is 14.2. The molecular formula is C18H29NO3. The highest BCUT2D eigenvalue weighted by atomic mass is 16.7. The molecule has 0 aliphatic carbocycles. The number of nitrogens with one attached hydrogen (secondary N) is 1. The van der Waals surface area contributed by atoms with E-state index in [1.165, 1.54) is 5.56 Å². The van der Waals surface area contributed by atoms with Gasteiger partial charge in [0.05, 0.1) is 38.5 Å². The molecule has 22 heavy (non-hydrogen) atoms. The Hall–Kier alpha value is -0.940. The summed E-state index contributed by atoms with van der Waals surface area (Å²) in [6.07, 6.45) is -0.176. The molecule has 0 unspecified atom stereocenters. The molecule has 2 rings (SSSR count). The fourth-order valence-corrected chi connectivity index (χ4v) is 2.37. The van der Waals surface area contributed by atoms with E-state index in [-0.39, 0.29) is 23.8 Å². The molecule has 1 aromatic rings. The number of rotatable bonds is 6. The third kappa shape index (κ3) is 6.05. The highest BCUT2D eigenvalue weighted by Crippen LogP contribution is 2.17. The van der Waals surface area contributed by atoms with Crippen LogP contribution in [-0.2, 0) is 20.8 Å². The molecule has 4 heteroatoms. The van der Waals surface area contributed by atoms with E-state index in [0.29, 0.717) is 26.4 Å². The number of hydrogen-bond acceptors (Lipinski definition) is 4. The van der Waals surface area contributed by atoms with Crippen LogP contribution in [0.2, 0.25) is 0 Å². The van der Waals surface area contributed by atoms with Crippen LogP contribution < -0.4 is 5.32 Å². The standard InChI is InChI=1S/C18H29NO3/c1-14-17(22-13-18(2,3)4)21-12-16(19-14)11-20-10-15-8-6-5-7-9-15/h5-9,14,16-17,19H,10-13H2,1-4H3/t14-,16-,17+/m0/s1. The smallest absolute Gasteiger partial charge is 0.172 e. The molecular weight excluding hydrogens is 278 g/mol. The minimum atomic E-state index is -0.176. The first-order valence-electron chi connectivity index (χ1n) is 8.05. The molecule has 0 saturated carbocycles. The second-order valence-corrected chi connectivity index (χ2v) is 7.23. The lowest BCUT2D eigenvalue weighted by atomic mass is 9.99. The van der Waals surface area contributed by atoms with Crippen LogP contribution in [0.5, 0.6) is 0 Å². The van der Waals surface area contributed by atoms with Gasteiger partial charge in [0, 0.05) is 0 Å². The highest BCUT2D eigenvalue weighted by molar-refractivity contribution is 5.13. The average Bonchev–Trinajstić information content (AvgIpc) is 2.46. The molecule has 1 fully saturated rings. The molecule has 0 radical (unpaired) electrons. The van der Waals surface area contributed by atoms with Gasteiger partial charge in [-0.3, -0.25) is 0 Å². The van der Waals surface area contributed by atoms with E-state index < -0.39 is 0 Å². The monoisotopic (exact) mass is 307 g/mol. The third-order valence-corrected chi connectivity index (χ3v) is 3.48. The Labute approximate surface area is 134 Å². The molecule has 0 aromatic heterocycles. The fourth-order valence-electron chi connectivity index (χ4n) is 2.37. The van der Waals surface area contributed by atoms with E-state index in [1.807, 2.05) is 18.2 Å². The SMILES string of the molecule is C[C@@H]1N[C@@H](COCc2ccccc2)CO[C@@H]1OCC(C)(C)C. The number of ether oxygens (including phenoxy) is 3. The summed E-state index contributed by atoms with van der Waals surface area (Å²) in [5.74, 6) is 0. The van der Waals surface area contributed by atoms with Crippen molar-refractivity contribution in [2.75, 3.05) is 19.8 Å². The van der Waals surface area contributed by atoms with Crippen LogP contribution in [0.4, 0.5) is 0 Å². The Morgan fingerprint density at radius 1 is 1.23 bits per heavy atom. The van der Waals surface area contributed by atoms with Crippen molar-refractivity contribution >= 4 is 0 Å². The third-order valence-electron chi connectivity index (χ3n) is 3.48. The minimum absolute atomic E-state index is 0.152. The van der Waals surface area contributed by atoms with Gasteiger partial charge in [-0.1, -0.05) is 51.1 Å². The average molecular weight is 307 g/mol. The first-order chi connectivity index (χ1) is 10.4. The molecule has 1 N–H and O–H groups in total. The predicted octanol–water partition coefficient (Wildman–Crippen LogP) is 2.97. The van der Waals surface area contributed by atoms with Crippen LogP contribution in [0.3, 0.4) is 0 Å². The van der Waals surface area contributed by atoms with Gasteiger partial charge in [-0.2, -0.15) is 0 Å². The maximum Gasteiger partial charge on any atom is 0.172 e. The molecule has 0 spiro atoms. The zero-order chi connectivity index (χ0) is 16.0. The number of benzene rings is 1. The Kier molecular flexibility index (Phi) is 6.38. The van der Waals surface area contributed by atoms with Crippen molar-refractivity contribution in [1.29, 1.82) is 0 Å². The van der Waals surface area contributed by atoms with E-state index in [2.05, 4.69) is 45.1 Å². The van der Waals surface area contributed by atoms with Crippen LogP contribution >= 0.6 is 0 Å². The van der Waals surface area contributed by atoms with Gasteiger partial charge >= 0.3 is 0 Å². The van der Waals surface area contributed by atoms with Gasteiger partial charge in [-0.15, -0.1) is 0 Å². The topological polar surface area (TPSA) is 39.7 Å². The van der Waals surface area contributed by atoms with Crippen molar-refractivity contribution in [2.45, 2.75) is 52.7 Å². The van der Waals surface area contributed by atoms with E-state index in [9.17, 15) is 0 Å². The van der Waals surface area contributed by atoms with Crippen LogP contribution in [0.1, 0.15) is 33.3 Å². The first-order valence-corrected chi connectivity index (χ1v) is 8.05. The lowest BCUT2D eigenvalue weighted by Gasteiger charge is -2.36. The van der Waals surface area contributed by atoms with Gasteiger partial charge in [0.1, 0.15) is 0 Å². The van der Waals surface area contributed by atoms with E-state index in [4.69, 9.17) is 14.2 Å². The quantitative estimate of drug-likeness (QED) is 0.877. The molecule has 4 nitrogen and oxygen atoms in total. The molecule has 3 atom stereocenters. The molecule has 0 bridgehead atoms. The maximum absolute atomic E-state index is 5.86. The summed E-state index contributed by atoms with van der Waals surface area (Å²) in [5.41, 5.74) is 1.34. The van der Waals surface area contributed by atoms with Crippen molar-refractivity contribution in [3.63, 3.8) is 0 Å². The molecule has 1 aliphatic rings. The van der Waals surface area contributed by atoms with Gasteiger partial charge in [0.2, 0.25) is 0 Å². The van der Waals surface area contributed by atoms with Gasteiger partial charge in [0.25, 0.3) is 0 Å². The highest BCUT2D eigenvalue weighted by Gasteiger charge is 2.29. The lowest BCUT2D eigenvalue weighted by molar-refractivity contribution is -0.197. The molecule has 1 heterocycles. The van der Waals surface area contributed by atoms with Crippen molar-refractivity contribution in [2.24, 2.45) is 5.41 Å². The van der Waals surface area contributed by atoms with Crippen molar-refractivity contribution in [1.82, 2.24) is 5.32 Å². The molecule has 1 aromatic carbocycles. The maximum atomic E-state index is 5.86. The Balaban J connectivity index is 1.67. The summed E-state index contributed by atoms with van der Waals surface area (Å²) in [4.78, 5) is 0. The summed E-state index contributed by atoms with van der Waals surface area (Å²) in [6, 6.07) is 10.6. The van der Waals surface area contributed by atoms with Gasteiger partial charge in [0.15, 0.2) is 6.29 Å². The summed E-state index contributed by atoms with van der Waals surface area (Å²) in [6.45, 7) is 11.2. The Morgan fingerprint density at radius 2 is 1.95 bits per heavy atom. The fraction of sp³-hybridized carbons (Fsp3) is 0.667. The van der Waals surface area contributed by atoms with Crippen LogP contribution in [0.15, 0.2) is 30.3 Å². The molecule has 1 saturated heterocycles. The summed E-state index contributed by atoms with van der Waals surface area (Å²) in [5, 5.41) is 3.51. The number of hydrogen-bond donors (Lipinski definition) is 1. The van der Waals surface area contributed by atoms with Crippen molar-refractivity contribution in [3.8, 4) is 0 Å². The summed E-state index contributed by atoms with van der Waals surface area (Å²) < 4.78 is 17.5. The summed E-state index contributed by atoms with van der Waals surface area (Å²) in [7, 11) is 0. The van der Waals surface area contributed by atoms with Crippen LogP contribution in [-0.4, -0.2) is 38.2 Å². The van der Waals surface area contributed by atoms with E-state index in [1.54, 1.807) is 0 Å². The van der Waals surface area contributed by atoms with Crippen molar-refractivity contribution in [3.05, 3.63) is 35.9 Å². The van der Waals surface area contributed by atoms with E-state index >= 15 is 0 Å². The second-order valence-electron chi connectivity index (χ2n) is 7.23. The normalized spacial score (nSPS) is 26.1. The van der Waals surface area contributed by atoms with Crippen LogP contribution in [0, 0.1) is 5.41 Å². The van der Waals surface area contributed by atoms with Crippen molar-refractivity contribution < 1.29 is 14.2 Å². The molecule has 1 aliphatic heterocycles. The lowest BCUT2D eigenvalue weighted by Crippen LogP contribution is -2.55. The van der Waals surface area contributed by atoms with Gasteiger partial charge in [-0.05, 0) is 17.9 Å². The zero-order valence-electron chi connectivity index (χ0n) is 14.2. The molecule has 0 amide bonds. The minimum Gasteiger partial charge on any atom is -0.375 e. The number of morpholine rings is 1. The van der Waals surface area contributed by atoms with Crippen LogP contribution in [0.25, 0.3) is 0 Å². The van der Waals surface area contributed by atoms with Gasteiger partial charge in [-0.25, -0.2) is 0 Å². The predicted molar refractivity (Wildman–Crippen MR) is 87.6 cm³/mol. The van der Waals surface area contributed by atoms with E-state index in [0.717, 1.165) is 0 Å². The second kappa shape index (κ2) is 8.06. The summed E-state index contributed by atoms with van der Waals surface area (Å²) >= 11 is 0. The first kappa shape index (κ1) is 17.4. The molecule has 124 valence electrons. The van der Waals surface area contributed by atoms with Gasteiger partial charge < -0.3 is 19.5 Å².